The van der Waals surface area contributed by atoms with Gasteiger partial charge < -0.3 is 5.73 Å². The van der Waals surface area contributed by atoms with Gasteiger partial charge in [0.15, 0.2) is 5.82 Å². The summed E-state index contributed by atoms with van der Waals surface area (Å²) < 4.78 is 2.11. The Balaban J connectivity index is 2.07. The zero-order valence-corrected chi connectivity index (χ0v) is 10.6. The van der Waals surface area contributed by atoms with Crippen LogP contribution in [0.2, 0.25) is 0 Å². The molecule has 4 heteroatoms. The summed E-state index contributed by atoms with van der Waals surface area (Å²) in [6.07, 6.45) is 2.61. The summed E-state index contributed by atoms with van der Waals surface area (Å²) in [6.45, 7) is 2.65. The zero-order valence-electron chi connectivity index (χ0n) is 10.6. The third-order valence-electron chi connectivity index (χ3n) is 3.69. The molecule has 1 fully saturated rings. The van der Waals surface area contributed by atoms with E-state index in [2.05, 4.69) is 33.8 Å². The second-order valence-electron chi connectivity index (χ2n) is 4.98. The van der Waals surface area contributed by atoms with Crippen molar-refractivity contribution in [2.75, 3.05) is 0 Å². The van der Waals surface area contributed by atoms with Gasteiger partial charge in [0.05, 0.1) is 6.54 Å². The van der Waals surface area contributed by atoms with Gasteiger partial charge in [-0.15, -0.1) is 10.2 Å². The van der Waals surface area contributed by atoms with E-state index in [-0.39, 0.29) is 0 Å². The van der Waals surface area contributed by atoms with E-state index in [1.54, 1.807) is 0 Å². The molecule has 1 unspecified atom stereocenters. The summed E-state index contributed by atoms with van der Waals surface area (Å²) in [5.41, 5.74) is 6.87. The van der Waals surface area contributed by atoms with E-state index in [1.807, 2.05) is 18.2 Å². The summed E-state index contributed by atoms with van der Waals surface area (Å²) >= 11 is 0. The standard InChI is InChI=1S/C14H18N4/c1-10(11-7-8-11)14-17-16-13(9-15)18(14)12-5-3-2-4-6-12/h2-6,10-11H,7-9,15H2,1H3. The first kappa shape index (κ1) is 11.4. The first-order valence-corrected chi connectivity index (χ1v) is 6.51. The zero-order chi connectivity index (χ0) is 12.5. The van der Waals surface area contributed by atoms with Crippen LogP contribution in [0.25, 0.3) is 5.69 Å². The minimum Gasteiger partial charge on any atom is -0.324 e. The van der Waals surface area contributed by atoms with Crippen LogP contribution in [-0.4, -0.2) is 14.8 Å². The molecule has 0 bridgehead atoms. The van der Waals surface area contributed by atoms with Crippen LogP contribution in [-0.2, 0) is 6.54 Å². The molecular weight excluding hydrogens is 224 g/mol. The molecule has 0 radical (unpaired) electrons. The molecule has 2 N–H and O–H groups in total. The third kappa shape index (κ3) is 1.93. The fourth-order valence-electron chi connectivity index (χ4n) is 2.42. The van der Waals surface area contributed by atoms with E-state index in [0.717, 1.165) is 23.3 Å². The molecule has 1 aliphatic rings. The maximum Gasteiger partial charge on any atom is 0.151 e. The SMILES string of the molecule is CC(c1nnc(CN)n1-c1ccccc1)C1CC1. The molecule has 2 aromatic rings. The lowest BCUT2D eigenvalue weighted by Gasteiger charge is -2.13. The van der Waals surface area contributed by atoms with E-state index >= 15 is 0 Å². The van der Waals surface area contributed by atoms with Gasteiger partial charge in [-0.25, -0.2) is 0 Å². The van der Waals surface area contributed by atoms with Gasteiger partial charge in [0.25, 0.3) is 0 Å². The van der Waals surface area contributed by atoms with Gasteiger partial charge in [0.1, 0.15) is 5.82 Å². The Kier molecular flexibility index (Phi) is 2.88. The number of para-hydroxylation sites is 1. The van der Waals surface area contributed by atoms with E-state index in [0.29, 0.717) is 12.5 Å². The number of aromatic nitrogens is 3. The van der Waals surface area contributed by atoms with Crippen LogP contribution < -0.4 is 5.73 Å². The van der Waals surface area contributed by atoms with Crippen molar-refractivity contribution in [3.8, 4) is 5.69 Å². The van der Waals surface area contributed by atoms with Crippen LogP contribution in [0.4, 0.5) is 0 Å². The normalized spacial score (nSPS) is 16.8. The predicted octanol–water partition coefficient (Wildman–Crippen LogP) is 2.24. The molecule has 0 amide bonds. The number of benzene rings is 1. The molecule has 1 saturated carbocycles. The molecule has 1 aromatic carbocycles. The molecular formula is C14H18N4. The highest BCUT2D eigenvalue weighted by atomic mass is 15.3. The number of nitrogens with two attached hydrogens (primary N) is 1. The van der Waals surface area contributed by atoms with Crippen LogP contribution in [0.1, 0.15) is 37.3 Å². The van der Waals surface area contributed by atoms with Crippen molar-refractivity contribution >= 4 is 0 Å². The fourth-order valence-corrected chi connectivity index (χ4v) is 2.42. The van der Waals surface area contributed by atoms with Crippen molar-refractivity contribution in [1.82, 2.24) is 14.8 Å². The van der Waals surface area contributed by atoms with Crippen LogP contribution in [0.5, 0.6) is 0 Å². The highest BCUT2D eigenvalue weighted by molar-refractivity contribution is 5.34. The van der Waals surface area contributed by atoms with Crippen molar-refractivity contribution in [1.29, 1.82) is 0 Å². The summed E-state index contributed by atoms with van der Waals surface area (Å²) in [5, 5.41) is 8.59. The number of hydrogen-bond donors (Lipinski definition) is 1. The van der Waals surface area contributed by atoms with Crippen molar-refractivity contribution in [3.05, 3.63) is 42.0 Å². The minimum absolute atomic E-state index is 0.416. The van der Waals surface area contributed by atoms with Crippen LogP contribution in [0.15, 0.2) is 30.3 Å². The summed E-state index contributed by atoms with van der Waals surface area (Å²) in [6, 6.07) is 10.2. The maximum absolute atomic E-state index is 5.77. The Morgan fingerprint density at radius 3 is 2.61 bits per heavy atom. The van der Waals surface area contributed by atoms with Gasteiger partial charge in [-0.1, -0.05) is 25.1 Å². The lowest BCUT2D eigenvalue weighted by atomic mass is 10.1. The number of rotatable bonds is 4. The Hall–Kier alpha value is -1.68. The molecule has 0 saturated heterocycles. The Bertz CT molecular complexity index is 528. The topological polar surface area (TPSA) is 56.7 Å². The summed E-state index contributed by atoms with van der Waals surface area (Å²) in [7, 11) is 0. The van der Waals surface area contributed by atoms with Crippen LogP contribution in [0.3, 0.4) is 0 Å². The van der Waals surface area contributed by atoms with Crippen molar-refractivity contribution in [2.24, 2.45) is 11.7 Å². The molecule has 0 spiro atoms. The first-order valence-electron chi connectivity index (χ1n) is 6.51. The summed E-state index contributed by atoms with van der Waals surface area (Å²) in [5.74, 6) is 3.10. The van der Waals surface area contributed by atoms with Gasteiger partial charge >= 0.3 is 0 Å². The Labute approximate surface area is 107 Å². The minimum atomic E-state index is 0.416. The largest absolute Gasteiger partial charge is 0.324 e. The lowest BCUT2D eigenvalue weighted by Crippen LogP contribution is -2.11. The maximum atomic E-state index is 5.77. The van der Waals surface area contributed by atoms with Crippen molar-refractivity contribution in [2.45, 2.75) is 32.2 Å². The van der Waals surface area contributed by atoms with E-state index in [1.165, 1.54) is 12.8 Å². The fraction of sp³-hybridized carbons (Fsp3) is 0.429. The van der Waals surface area contributed by atoms with Crippen molar-refractivity contribution < 1.29 is 0 Å². The highest BCUT2D eigenvalue weighted by Crippen LogP contribution is 2.42. The molecule has 1 aliphatic carbocycles. The van der Waals surface area contributed by atoms with Gasteiger partial charge in [0, 0.05) is 11.6 Å². The van der Waals surface area contributed by atoms with Crippen molar-refractivity contribution in [3.63, 3.8) is 0 Å². The number of hydrogen-bond acceptors (Lipinski definition) is 3. The molecule has 4 nitrogen and oxygen atoms in total. The van der Waals surface area contributed by atoms with E-state index in [9.17, 15) is 0 Å². The lowest BCUT2D eigenvalue weighted by molar-refractivity contribution is 0.605. The smallest absolute Gasteiger partial charge is 0.151 e. The molecule has 18 heavy (non-hydrogen) atoms. The Morgan fingerprint density at radius 1 is 1.28 bits per heavy atom. The van der Waals surface area contributed by atoms with Gasteiger partial charge in [-0.2, -0.15) is 0 Å². The molecule has 1 heterocycles. The molecule has 3 rings (SSSR count). The predicted molar refractivity (Wildman–Crippen MR) is 70.4 cm³/mol. The second kappa shape index (κ2) is 4.53. The van der Waals surface area contributed by atoms with Gasteiger partial charge in [-0.05, 0) is 30.9 Å². The second-order valence-corrected chi connectivity index (χ2v) is 4.98. The molecule has 0 aliphatic heterocycles. The van der Waals surface area contributed by atoms with E-state index < -0.39 is 0 Å². The monoisotopic (exact) mass is 242 g/mol. The molecule has 1 atom stereocenters. The highest BCUT2D eigenvalue weighted by Gasteiger charge is 2.32. The average Bonchev–Trinajstić information content (AvgIpc) is 3.17. The van der Waals surface area contributed by atoms with Gasteiger partial charge in [0.2, 0.25) is 0 Å². The van der Waals surface area contributed by atoms with Crippen LogP contribution >= 0.6 is 0 Å². The Morgan fingerprint density at radius 2 is 2.00 bits per heavy atom. The summed E-state index contributed by atoms with van der Waals surface area (Å²) in [4.78, 5) is 0. The van der Waals surface area contributed by atoms with Gasteiger partial charge in [-0.3, -0.25) is 4.57 Å². The van der Waals surface area contributed by atoms with Crippen LogP contribution in [0, 0.1) is 5.92 Å². The quantitative estimate of drug-likeness (QED) is 0.894. The molecule has 94 valence electrons. The first-order chi connectivity index (χ1) is 8.81. The third-order valence-corrected chi connectivity index (χ3v) is 3.69. The van der Waals surface area contributed by atoms with E-state index in [4.69, 9.17) is 5.73 Å². The number of nitrogens with zero attached hydrogens (tertiary/aromatic N) is 3. The average molecular weight is 242 g/mol. The molecule has 1 aromatic heterocycles.